The van der Waals surface area contributed by atoms with Crippen LogP contribution in [0.4, 0.5) is 11.4 Å². The topological polar surface area (TPSA) is 80.5 Å². The monoisotopic (exact) mass is 356 g/mol. The van der Waals surface area contributed by atoms with E-state index in [1.807, 2.05) is 24.3 Å². The van der Waals surface area contributed by atoms with Gasteiger partial charge in [0, 0.05) is 13.1 Å². The van der Waals surface area contributed by atoms with Crippen molar-refractivity contribution in [2.24, 2.45) is 0 Å². The zero-order valence-corrected chi connectivity index (χ0v) is 14.5. The number of nitro groups is 1. The predicted molar refractivity (Wildman–Crippen MR) is 97.4 cm³/mol. The van der Waals surface area contributed by atoms with Gasteiger partial charge in [-0.3, -0.25) is 14.4 Å². The first-order valence-corrected chi connectivity index (χ1v) is 8.98. The maximum atomic E-state index is 13.0. The molecule has 0 atom stereocenters. The number of nitro benzene ring substituents is 1. The van der Waals surface area contributed by atoms with Crippen molar-refractivity contribution in [3.05, 3.63) is 76.3 Å². The summed E-state index contributed by atoms with van der Waals surface area (Å²) in [4.78, 5) is 10.7. The zero-order chi connectivity index (χ0) is 18.2. The van der Waals surface area contributed by atoms with E-state index in [9.17, 15) is 18.5 Å². The van der Waals surface area contributed by atoms with E-state index in [-0.39, 0.29) is 16.3 Å². The molecule has 128 valence electrons. The van der Waals surface area contributed by atoms with E-state index in [2.05, 4.69) is 0 Å². The van der Waals surface area contributed by atoms with Gasteiger partial charge in [0.25, 0.3) is 15.7 Å². The van der Waals surface area contributed by atoms with Crippen LogP contribution in [0.1, 0.15) is 5.56 Å². The van der Waals surface area contributed by atoms with E-state index >= 15 is 0 Å². The summed E-state index contributed by atoms with van der Waals surface area (Å²) in [6.07, 6.45) is 0. The molecule has 0 saturated heterocycles. The fraction of sp³-hybridized carbons (Fsp3) is 0.111. The van der Waals surface area contributed by atoms with Gasteiger partial charge in [0.15, 0.2) is 0 Å². The number of sulfonamides is 1. The van der Waals surface area contributed by atoms with Crippen molar-refractivity contribution in [1.82, 2.24) is 0 Å². The van der Waals surface area contributed by atoms with Crippen LogP contribution < -0.4 is 4.31 Å². The number of hydrogen-bond donors (Lipinski definition) is 0. The second kappa shape index (κ2) is 6.18. The van der Waals surface area contributed by atoms with E-state index in [1.54, 1.807) is 31.2 Å². The molecule has 0 N–H and O–H groups in total. The molecule has 25 heavy (non-hydrogen) atoms. The van der Waals surface area contributed by atoms with Crippen LogP contribution in [-0.4, -0.2) is 20.4 Å². The summed E-state index contributed by atoms with van der Waals surface area (Å²) in [5, 5.41) is 12.9. The summed E-state index contributed by atoms with van der Waals surface area (Å²) in [5.41, 5.74) is 0.472. The first-order chi connectivity index (χ1) is 11.8. The second-order valence-electron chi connectivity index (χ2n) is 5.66. The van der Waals surface area contributed by atoms with Gasteiger partial charge in [0.2, 0.25) is 0 Å². The molecule has 0 fully saturated rings. The van der Waals surface area contributed by atoms with E-state index in [0.29, 0.717) is 5.56 Å². The van der Waals surface area contributed by atoms with E-state index in [0.717, 1.165) is 15.1 Å². The Morgan fingerprint density at radius 3 is 2.32 bits per heavy atom. The molecule has 0 aliphatic rings. The van der Waals surface area contributed by atoms with Crippen LogP contribution in [0.5, 0.6) is 0 Å². The molecule has 0 aliphatic carbocycles. The number of nitrogens with zero attached hydrogens (tertiary/aromatic N) is 2. The molecule has 3 aromatic carbocycles. The zero-order valence-electron chi connectivity index (χ0n) is 13.7. The Kier molecular flexibility index (Phi) is 4.18. The van der Waals surface area contributed by atoms with Crippen molar-refractivity contribution in [2.75, 3.05) is 11.4 Å². The SMILES string of the molecule is Cc1c(N(C)S(=O)(=O)c2ccc3ccccc3c2)cccc1[N+](=O)[O-]. The lowest BCUT2D eigenvalue weighted by molar-refractivity contribution is -0.385. The van der Waals surface area contributed by atoms with Crippen molar-refractivity contribution in [3.63, 3.8) is 0 Å². The molecule has 3 rings (SSSR count). The highest BCUT2D eigenvalue weighted by atomic mass is 32.2. The number of benzene rings is 3. The highest BCUT2D eigenvalue weighted by Crippen LogP contribution is 2.31. The van der Waals surface area contributed by atoms with Crippen molar-refractivity contribution >= 4 is 32.2 Å². The average Bonchev–Trinajstić information content (AvgIpc) is 2.60. The normalized spacial score (nSPS) is 11.4. The summed E-state index contributed by atoms with van der Waals surface area (Å²) in [5.74, 6) is 0. The molecule has 0 bridgehead atoms. The van der Waals surface area contributed by atoms with Crippen LogP contribution in [0.25, 0.3) is 10.8 Å². The first kappa shape index (κ1) is 16.9. The van der Waals surface area contributed by atoms with Gasteiger partial charge in [-0.2, -0.15) is 0 Å². The van der Waals surface area contributed by atoms with Gasteiger partial charge in [-0.15, -0.1) is 0 Å². The van der Waals surface area contributed by atoms with Gasteiger partial charge < -0.3 is 0 Å². The molecular formula is C18H16N2O4S. The number of fused-ring (bicyclic) bond motifs is 1. The van der Waals surface area contributed by atoms with Crippen LogP contribution in [-0.2, 0) is 10.0 Å². The van der Waals surface area contributed by atoms with Crippen molar-refractivity contribution in [1.29, 1.82) is 0 Å². The maximum absolute atomic E-state index is 13.0. The molecule has 0 amide bonds. The molecule has 0 saturated carbocycles. The Bertz CT molecular complexity index is 1080. The third kappa shape index (κ3) is 2.94. The summed E-state index contributed by atoms with van der Waals surface area (Å²) in [6.45, 7) is 1.54. The lowest BCUT2D eigenvalue weighted by Crippen LogP contribution is -2.27. The molecule has 0 unspecified atom stereocenters. The molecule has 0 aliphatic heterocycles. The molecule has 0 aromatic heterocycles. The Hall–Kier alpha value is -2.93. The van der Waals surface area contributed by atoms with Crippen LogP contribution in [0.3, 0.4) is 0 Å². The van der Waals surface area contributed by atoms with Gasteiger partial charge in [0.05, 0.1) is 21.1 Å². The van der Waals surface area contributed by atoms with Gasteiger partial charge >= 0.3 is 0 Å². The molecule has 7 heteroatoms. The Balaban J connectivity index is 2.10. The summed E-state index contributed by atoms with van der Waals surface area (Å²) >= 11 is 0. The molecular weight excluding hydrogens is 340 g/mol. The molecule has 3 aromatic rings. The van der Waals surface area contributed by atoms with E-state index < -0.39 is 14.9 Å². The Labute approximate surface area is 145 Å². The van der Waals surface area contributed by atoms with Crippen LogP contribution in [0, 0.1) is 17.0 Å². The number of rotatable bonds is 4. The smallest absolute Gasteiger partial charge is 0.269 e. The average molecular weight is 356 g/mol. The molecule has 0 heterocycles. The van der Waals surface area contributed by atoms with Crippen molar-refractivity contribution in [3.8, 4) is 0 Å². The third-order valence-electron chi connectivity index (χ3n) is 4.19. The number of hydrogen-bond acceptors (Lipinski definition) is 4. The largest absolute Gasteiger partial charge is 0.274 e. The fourth-order valence-corrected chi connectivity index (χ4v) is 4.05. The lowest BCUT2D eigenvalue weighted by Gasteiger charge is -2.21. The lowest BCUT2D eigenvalue weighted by atomic mass is 10.1. The van der Waals surface area contributed by atoms with E-state index in [4.69, 9.17) is 0 Å². The van der Waals surface area contributed by atoms with Gasteiger partial charge in [-0.1, -0.05) is 36.4 Å². The minimum atomic E-state index is -3.84. The third-order valence-corrected chi connectivity index (χ3v) is 5.96. The maximum Gasteiger partial charge on any atom is 0.274 e. The number of anilines is 1. The summed E-state index contributed by atoms with van der Waals surface area (Å²) in [6, 6.07) is 16.8. The summed E-state index contributed by atoms with van der Waals surface area (Å²) in [7, 11) is -2.44. The molecule has 6 nitrogen and oxygen atoms in total. The highest BCUT2D eigenvalue weighted by Gasteiger charge is 2.25. The Morgan fingerprint density at radius 2 is 1.64 bits per heavy atom. The van der Waals surface area contributed by atoms with Gasteiger partial charge in [-0.25, -0.2) is 8.42 Å². The predicted octanol–water partition coefficient (Wildman–Crippen LogP) is 3.88. The van der Waals surface area contributed by atoms with E-state index in [1.165, 1.54) is 19.2 Å². The van der Waals surface area contributed by atoms with Crippen molar-refractivity contribution in [2.45, 2.75) is 11.8 Å². The Morgan fingerprint density at radius 1 is 0.960 bits per heavy atom. The molecule has 0 radical (unpaired) electrons. The van der Waals surface area contributed by atoms with Gasteiger partial charge in [-0.05, 0) is 35.9 Å². The minimum absolute atomic E-state index is 0.113. The van der Waals surface area contributed by atoms with Crippen LogP contribution in [0.15, 0.2) is 65.6 Å². The minimum Gasteiger partial charge on any atom is -0.269 e. The summed E-state index contributed by atoms with van der Waals surface area (Å²) < 4.78 is 27.0. The highest BCUT2D eigenvalue weighted by molar-refractivity contribution is 7.92. The fourth-order valence-electron chi connectivity index (χ4n) is 2.77. The quantitative estimate of drug-likeness (QED) is 0.525. The molecule has 0 spiro atoms. The van der Waals surface area contributed by atoms with Crippen LogP contribution >= 0.6 is 0 Å². The van der Waals surface area contributed by atoms with Crippen molar-refractivity contribution < 1.29 is 13.3 Å². The second-order valence-corrected chi connectivity index (χ2v) is 7.63. The first-order valence-electron chi connectivity index (χ1n) is 7.54. The standard InChI is InChI=1S/C18H16N2O4S/c1-13-17(8-5-9-18(13)20(21)22)19(2)25(23,24)16-11-10-14-6-3-4-7-15(14)12-16/h3-12H,1-2H3. The van der Waals surface area contributed by atoms with Gasteiger partial charge in [0.1, 0.15) is 0 Å². The van der Waals surface area contributed by atoms with Crippen LogP contribution in [0.2, 0.25) is 0 Å².